The van der Waals surface area contributed by atoms with Crippen molar-refractivity contribution >= 4 is 5.69 Å². The number of likely N-dealkylation sites (tertiary alicyclic amines) is 1. The van der Waals surface area contributed by atoms with E-state index in [-0.39, 0.29) is 0 Å². The molecule has 1 atom stereocenters. The Bertz CT molecular complexity index is 544. The molecule has 2 heterocycles. The van der Waals surface area contributed by atoms with Gasteiger partial charge in [-0.05, 0) is 62.7 Å². The first-order valence-electron chi connectivity index (χ1n) is 7.90. The highest BCUT2D eigenvalue weighted by Gasteiger charge is 2.12. The van der Waals surface area contributed by atoms with E-state index in [4.69, 9.17) is 4.42 Å². The summed E-state index contributed by atoms with van der Waals surface area (Å²) in [5.74, 6) is 1.03. The molecule has 3 rings (SSSR count). The van der Waals surface area contributed by atoms with Crippen LogP contribution in [0.25, 0.3) is 0 Å². The molecule has 0 saturated carbocycles. The van der Waals surface area contributed by atoms with Crippen molar-refractivity contribution in [2.24, 2.45) is 0 Å². The van der Waals surface area contributed by atoms with Crippen LogP contribution < -0.4 is 5.32 Å². The number of hydrogen-bond donors (Lipinski definition) is 1. The third-order valence-corrected chi connectivity index (χ3v) is 4.03. The molecule has 21 heavy (non-hydrogen) atoms. The predicted molar refractivity (Wildman–Crippen MR) is 86.4 cm³/mol. The third-order valence-electron chi connectivity index (χ3n) is 4.03. The first kappa shape index (κ1) is 14.2. The van der Waals surface area contributed by atoms with E-state index in [1.807, 2.05) is 12.1 Å². The van der Waals surface area contributed by atoms with Crippen LogP contribution in [0.3, 0.4) is 0 Å². The van der Waals surface area contributed by atoms with Gasteiger partial charge in [0.2, 0.25) is 0 Å². The van der Waals surface area contributed by atoms with Gasteiger partial charge >= 0.3 is 0 Å². The summed E-state index contributed by atoms with van der Waals surface area (Å²) in [6.07, 6.45) is 5.33. The Hall–Kier alpha value is -1.74. The molecule has 1 aliphatic heterocycles. The van der Waals surface area contributed by atoms with Gasteiger partial charge < -0.3 is 9.73 Å². The summed E-state index contributed by atoms with van der Waals surface area (Å²) < 4.78 is 5.41. The molecule has 2 aromatic rings. The second kappa shape index (κ2) is 6.81. The van der Waals surface area contributed by atoms with Crippen LogP contribution >= 0.6 is 0 Å². The van der Waals surface area contributed by atoms with Crippen molar-refractivity contribution < 1.29 is 4.42 Å². The molecule has 0 bridgehead atoms. The van der Waals surface area contributed by atoms with E-state index in [1.165, 1.54) is 37.2 Å². The molecule has 0 aliphatic carbocycles. The third kappa shape index (κ3) is 4.11. The van der Waals surface area contributed by atoms with Gasteiger partial charge in [-0.25, -0.2) is 0 Å². The molecule has 0 radical (unpaired) electrons. The summed E-state index contributed by atoms with van der Waals surface area (Å²) in [6.45, 7) is 5.75. The first-order chi connectivity index (χ1) is 10.3. The molecule has 1 saturated heterocycles. The molecular formula is C18H24N2O. The van der Waals surface area contributed by atoms with Crippen molar-refractivity contribution in [3.05, 3.63) is 54.0 Å². The standard InChI is InChI=1S/C18H24N2O/c1-15(12-18-8-5-11-21-18)19-17-7-4-6-16(13-17)14-20-9-2-3-10-20/h4-8,11,13,15,19H,2-3,9-10,12,14H2,1H3. The van der Waals surface area contributed by atoms with E-state index >= 15 is 0 Å². The number of benzene rings is 1. The lowest BCUT2D eigenvalue weighted by Crippen LogP contribution is -2.19. The minimum atomic E-state index is 0.359. The smallest absolute Gasteiger partial charge is 0.105 e. The Labute approximate surface area is 127 Å². The fourth-order valence-electron chi connectivity index (χ4n) is 3.02. The van der Waals surface area contributed by atoms with Crippen LogP contribution in [0.4, 0.5) is 5.69 Å². The molecule has 1 N–H and O–H groups in total. The maximum Gasteiger partial charge on any atom is 0.105 e. The molecule has 1 aromatic heterocycles. The lowest BCUT2D eigenvalue weighted by atomic mass is 10.1. The van der Waals surface area contributed by atoms with Gasteiger partial charge in [0.05, 0.1) is 6.26 Å². The Morgan fingerprint density at radius 3 is 2.81 bits per heavy atom. The summed E-state index contributed by atoms with van der Waals surface area (Å²) in [5, 5.41) is 3.57. The van der Waals surface area contributed by atoms with Crippen molar-refractivity contribution in [1.29, 1.82) is 0 Å². The maximum atomic E-state index is 5.41. The maximum absolute atomic E-state index is 5.41. The zero-order valence-corrected chi connectivity index (χ0v) is 12.7. The van der Waals surface area contributed by atoms with E-state index < -0.39 is 0 Å². The first-order valence-corrected chi connectivity index (χ1v) is 7.90. The highest BCUT2D eigenvalue weighted by atomic mass is 16.3. The molecule has 3 heteroatoms. The lowest BCUT2D eigenvalue weighted by Gasteiger charge is -2.17. The molecule has 112 valence electrons. The van der Waals surface area contributed by atoms with Gasteiger partial charge in [0, 0.05) is 24.7 Å². The van der Waals surface area contributed by atoms with Gasteiger partial charge in [-0.15, -0.1) is 0 Å². The highest BCUT2D eigenvalue weighted by Crippen LogP contribution is 2.17. The Balaban J connectivity index is 1.57. The second-order valence-electron chi connectivity index (χ2n) is 6.01. The number of hydrogen-bond acceptors (Lipinski definition) is 3. The SMILES string of the molecule is CC(Cc1ccco1)Nc1cccc(CN2CCCC2)c1. The van der Waals surface area contributed by atoms with Crippen LogP contribution in [-0.2, 0) is 13.0 Å². The van der Waals surface area contributed by atoms with E-state index in [0.717, 1.165) is 18.7 Å². The molecule has 3 nitrogen and oxygen atoms in total. The van der Waals surface area contributed by atoms with Crippen LogP contribution in [0.5, 0.6) is 0 Å². The number of nitrogens with one attached hydrogen (secondary N) is 1. The van der Waals surface area contributed by atoms with Crippen LogP contribution in [0.2, 0.25) is 0 Å². The summed E-state index contributed by atoms with van der Waals surface area (Å²) in [6, 6.07) is 13.1. The van der Waals surface area contributed by atoms with Gasteiger partial charge in [-0.2, -0.15) is 0 Å². The van der Waals surface area contributed by atoms with Crippen LogP contribution in [0.15, 0.2) is 47.1 Å². The van der Waals surface area contributed by atoms with E-state index in [1.54, 1.807) is 6.26 Å². The van der Waals surface area contributed by atoms with Crippen molar-refractivity contribution in [1.82, 2.24) is 4.90 Å². The van der Waals surface area contributed by atoms with Crippen molar-refractivity contribution in [3.63, 3.8) is 0 Å². The largest absolute Gasteiger partial charge is 0.469 e. The fraction of sp³-hybridized carbons (Fsp3) is 0.444. The monoisotopic (exact) mass is 284 g/mol. The van der Waals surface area contributed by atoms with Crippen molar-refractivity contribution in [2.45, 2.75) is 38.8 Å². The average Bonchev–Trinajstić information content (AvgIpc) is 3.12. The van der Waals surface area contributed by atoms with Crippen LogP contribution in [0, 0.1) is 0 Å². The van der Waals surface area contributed by atoms with Gasteiger partial charge in [0.25, 0.3) is 0 Å². The Morgan fingerprint density at radius 2 is 2.05 bits per heavy atom. The number of furan rings is 1. The van der Waals surface area contributed by atoms with E-state index in [9.17, 15) is 0 Å². The van der Waals surface area contributed by atoms with Gasteiger partial charge in [-0.3, -0.25) is 4.90 Å². The minimum absolute atomic E-state index is 0.359. The van der Waals surface area contributed by atoms with Crippen molar-refractivity contribution in [2.75, 3.05) is 18.4 Å². The summed E-state index contributed by atoms with van der Waals surface area (Å²) >= 11 is 0. The van der Waals surface area contributed by atoms with Gasteiger partial charge in [0.15, 0.2) is 0 Å². The van der Waals surface area contributed by atoms with Crippen LogP contribution in [-0.4, -0.2) is 24.0 Å². The molecule has 1 aromatic carbocycles. The minimum Gasteiger partial charge on any atom is -0.469 e. The van der Waals surface area contributed by atoms with Crippen LogP contribution in [0.1, 0.15) is 31.1 Å². The van der Waals surface area contributed by atoms with E-state index in [2.05, 4.69) is 41.4 Å². The Morgan fingerprint density at radius 1 is 1.19 bits per heavy atom. The Kier molecular flexibility index (Phi) is 4.61. The zero-order valence-electron chi connectivity index (χ0n) is 12.7. The fourth-order valence-corrected chi connectivity index (χ4v) is 3.02. The summed E-state index contributed by atoms with van der Waals surface area (Å²) in [4.78, 5) is 2.53. The quantitative estimate of drug-likeness (QED) is 0.871. The number of nitrogens with zero attached hydrogens (tertiary/aromatic N) is 1. The van der Waals surface area contributed by atoms with Gasteiger partial charge in [0.1, 0.15) is 5.76 Å². The molecule has 0 amide bonds. The second-order valence-corrected chi connectivity index (χ2v) is 6.01. The van der Waals surface area contributed by atoms with E-state index in [0.29, 0.717) is 6.04 Å². The topological polar surface area (TPSA) is 28.4 Å². The molecule has 0 spiro atoms. The predicted octanol–water partition coefficient (Wildman–Crippen LogP) is 3.92. The normalized spacial score (nSPS) is 17.0. The zero-order chi connectivity index (χ0) is 14.5. The molecule has 1 aliphatic rings. The lowest BCUT2D eigenvalue weighted by molar-refractivity contribution is 0.331. The summed E-state index contributed by atoms with van der Waals surface area (Å²) in [7, 11) is 0. The van der Waals surface area contributed by atoms with Crippen molar-refractivity contribution in [3.8, 4) is 0 Å². The molecule has 1 unspecified atom stereocenters. The molecular weight excluding hydrogens is 260 g/mol. The number of rotatable bonds is 6. The molecule has 1 fully saturated rings. The summed E-state index contributed by atoms with van der Waals surface area (Å²) in [5.41, 5.74) is 2.60. The van der Waals surface area contributed by atoms with Gasteiger partial charge in [-0.1, -0.05) is 12.1 Å². The average molecular weight is 284 g/mol. The highest BCUT2D eigenvalue weighted by molar-refractivity contribution is 5.46. The number of anilines is 1.